The zero-order chi connectivity index (χ0) is 24.1. The van der Waals surface area contributed by atoms with Gasteiger partial charge in [0.05, 0.1) is 12.5 Å². The lowest BCUT2D eigenvalue weighted by atomic mass is 10.0. The first-order valence-corrected chi connectivity index (χ1v) is 12.2. The molecule has 0 aliphatic heterocycles. The van der Waals surface area contributed by atoms with Crippen LogP contribution in [0, 0.1) is 11.8 Å². The lowest BCUT2D eigenvalue weighted by Crippen LogP contribution is -2.16. The van der Waals surface area contributed by atoms with E-state index in [1.165, 1.54) is 19.3 Å². The number of carbonyl (C=O) groups is 2. The van der Waals surface area contributed by atoms with Crippen molar-refractivity contribution in [3.05, 3.63) is 65.7 Å². The van der Waals surface area contributed by atoms with Crippen molar-refractivity contribution in [2.45, 2.75) is 66.2 Å². The van der Waals surface area contributed by atoms with Crippen LogP contribution in [0.4, 0.5) is 0 Å². The SMILES string of the molecule is CCCCC(CC)COc1ccc(/C=C/C(=O)Cc2ccc(OC(=O)C(C)CC)cc2)cc1. The first kappa shape index (κ1) is 26.4. The first-order chi connectivity index (χ1) is 15.9. The Bertz CT molecular complexity index is 881. The molecule has 4 heteroatoms. The maximum atomic E-state index is 12.3. The number of hydrogen-bond donors (Lipinski definition) is 0. The molecule has 0 aliphatic carbocycles. The van der Waals surface area contributed by atoms with Crippen molar-refractivity contribution in [3.63, 3.8) is 0 Å². The highest BCUT2D eigenvalue weighted by Crippen LogP contribution is 2.19. The van der Waals surface area contributed by atoms with Crippen molar-refractivity contribution in [1.82, 2.24) is 0 Å². The molecule has 2 atom stereocenters. The lowest BCUT2D eigenvalue weighted by molar-refractivity contribution is -0.138. The summed E-state index contributed by atoms with van der Waals surface area (Å²) in [4.78, 5) is 24.2. The summed E-state index contributed by atoms with van der Waals surface area (Å²) in [6, 6.07) is 14.9. The van der Waals surface area contributed by atoms with E-state index in [4.69, 9.17) is 9.47 Å². The molecule has 0 amide bonds. The van der Waals surface area contributed by atoms with Crippen molar-refractivity contribution in [2.75, 3.05) is 6.61 Å². The largest absolute Gasteiger partial charge is 0.493 e. The topological polar surface area (TPSA) is 52.6 Å². The second-order valence-electron chi connectivity index (χ2n) is 8.65. The zero-order valence-electron chi connectivity index (χ0n) is 20.5. The second-order valence-corrected chi connectivity index (χ2v) is 8.65. The number of benzene rings is 2. The van der Waals surface area contributed by atoms with Gasteiger partial charge in [0.25, 0.3) is 0 Å². The summed E-state index contributed by atoms with van der Waals surface area (Å²) in [7, 11) is 0. The third-order valence-corrected chi connectivity index (χ3v) is 5.91. The zero-order valence-corrected chi connectivity index (χ0v) is 20.5. The van der Waals surface area contributed by atoms with Crippen LogP contribution in [-0.4, -0.2) is 18.4 Å². The number of carbonyl (C=O) groups excluding carboxylic acids is 2. The van der Waals surface area contributed by atoms with Gasteiger partial charge in [-0.2, -0.15) is 0 Å². The van der Waals surface area contributed by atoms with Crippen LogP contribution in [0.2, 0.25) is 0 Å². The molecule has 2 unspecified atom stereocenters. The monoisotopic (exact) mass is 450 g/mol. The van der Waals surface area contributed by atoms with Gasteiger partial charge < -0.3 is 9.47 Å². The number of ether oxygens (including phenoxy) is 2. The summed E-state index contributed by atoms with van der Waals surface area (Å²) in [5.41, 5.74) is 1.84. The van der Waals surface area contributed by atoms with Crippen LogP contribution in [0.3, 0.4) is 0 Å². The van der Waals surface area contributed by atoms with Gasteiger partial charge in [0.2, 0.25) is 0 Å². The number of unbranched alkanes of at least 4 members (excludes halogenated alkanes) is 1. The predicted octanol–water partition coefficient (Wildman–Crippen LogP) is 7.06. The van der Waals surface area contributed by atoms with Crippen LogP contribution < -0.4 is 9.47 Å². The standard InChI is InChI=1S/C29H38O4/c1-5-8-9-23(7-3)21-32-27-16-11-24(12-17-27)10-15-26(30)20-25-13-18-28(19-14-25)33-29(31)22(4)6-2/h10-19,22-23H,5-9,20-21H2,1-4H3/b15-10+. The number of esters is 1. The van der Waals surface area contributed by atoms with Gasteiger partial charge in [-0.15, -0.1) is 0 Å². The molecular formula is C29H38O4. The Balaban J connectivity index is 1.82. The predicted molar refractivity (Wildman–Crippen MR) is 135 cm³/mol. The maximum Gasteiger partial charge on any atom is 0.314 e. The van der Waals surface area contributed by atoms with Gasteiger partial charge in [-0.3, -0.25) is 9.59 Å². The molecular weight excluding hydrogens is 412 g/mol. The number of ketones is 1. The maximum absolute atomic E-state index is 12.3. The minimum absolute atomic E-state index is 0.0152. The van der Waals surface area contributed by atoms with Crippen LogP contribution in [-0.2, 0) is 16.0 Å². The fourth-order valence-electron chi connectivity index (χ4n) is 3.30. The minimum Gasteiger partial charge on any atom is -0.493 e. The third kappa shape index (κ3) is 9.65. The third-order valence-electron chi connectivity index (χ3n) is 5.91. The summed E-state index contributed by atoms with van der Waals surface area (Å²) in [5.74, 6) is 1.62. The Hall–Kier alpha value is -2.88. The number of hydrogen-bond acceptors (Lipinski definition) is 4. The van der Waals surface area contributed by atoms with Crippen molar-refractivity contribution < 1.29 is 19.1 Å². The normalized spacial score (nSPS) is 13.0. The Morgan fingerprint density at radius 3 is 2.18 bits per heavy atom. The van der Waals surface area contributed by atoms with Crippen LogP contribution in [0.5, 0.6) is 11.5 Å². The molecule has 0 saturated carbocycles. The fraction of sp³-hybridized carbons (Fsp3) is 0.448. The summed E-state index contributed by atoms with van der Waals surface area (Å²) >= 11 is 0. The molecule has 0 saturated heterocycles. The Kier molecular flexibility index (Phi) is 11.4. The highest BCUT2D eigenvalue weighted by Gasteiger charge is 2.13. The molecule has 0 aliphatic rings. The van der Waals surface area contributed by atoms with Crippen LogP contribution in [0.15, 0.2) is 54.6 Å². The van der Waals surface area contributed by atoms with Crippen molar-refractivity contribution >= 4 is 17.8 Å². The molecule has 0 N–H and O–H groups in total. The van der Waals surface area contributed by atoms with Gasteiger partial charge in [0, 0.05) is 6.42 Å². The van der Waals surface area contributed by atoms with E-state index < -0.39 is 0 Å². The molecule has 0 heterocycles. The molecule has 178 valence electrons. The average molecular weight is 451 g/mol. The smallest absolute Gasteiger partial charge is 0.314 e. The van der Waals surface area contributed by atoms with Crippen molar-refractivity contribution in [2.24, 2.45) is 11.8 Å². The van der Waals surface area contributed by atoms with E-state index in [-0.39, 0.29) is 17.7 Å². The number of rotatable bonds is 14. The second kappa shape index (κ2) is 14.3. The molecule has 33 heavy (non-hydrogen) atoms. The molecule has 2 aromatic carbocycles. The van der Waals surface area contributed by atoms with E-state index in [1.807, 2.05) is 56.3 Å². The molecule has 0 radical (unpaired) electrons. The molecule has 0 aromatic heterocycles. The fourth-order valence-corrected chi connectivity index (χ4v) is 3.30. The van der Waals surface area contributed by atoms with E-state index in [1.54, 1.807) is 18.2 Å². The van der Waals surface area contributed by atoms with Gasteiger partial charge in [-0.1, -0.05) is 77.3 Å². The van der Waals surface area contributed by atoms with Gasteiger partial charge in [0.15, 0.2) is 5.78 Å². The molecule has 2 aromatic rings. The summed E-state index contributed by atoms with van der Waals surface area (Å²) in [5, 5.41) is 0. The summed E-state index contributed by atoms with van der Waals surface area (Å²) < 4.78 is 11.3. The highest BCUT2D eigenvalue weighted by atomic mass is 16.5. The summed E-state index contributed by atoms with van der Waals surface area (Å²) in [6.45, 7) is 8.98. The van der Waals surface area contributed by atoms with E-state index >= 15 is 0 Å². The van der Waals surface area contributed by atoms with E-state index in [0.29, 0.717) is 18.1 Å². The molecule has 2 rings (SSSR count). The van der Waals surface area contributed by atoms with E-state index in [2.05, 4.69) is 13.8 Å². The van der Waals surface area contributed by atoms with E-state index in [9.17, 15) is 9.59 Å². The van der Waals surface area contributed by atoms with Crippen LogP contribution in [0.1, 0.15) is 70.9 Å². The average Bonchev–Trinajstić information content (AvgIpc) is 2.84. The van der Waals surface area contributed by atoms with Crippen molar-refractivity contribution in [1.29, 1.82) is 0 Å². The Labute approximate surface area is 199 Å². The van der Waals surface area contributed by atoms with Gasteiger partial charge in [-0.25, -0.2) is 0 Å². The van der Waals surface area contributed by atoms with Gasteiger partial charge in [0.1, 0.15) is 11.5 Å². The Morgan fingerprint density at radius 2 is 1.58 bits per heavy atom. The summed E-state index contributed by atoms with van der Waals surface area (Å²) in [6.07, 6.45) is 9.27. The number of allylic oxidation sites excluding steroid dienone is 1. The Morgan fingerprint density at radius 1 is 0.909 bits per heavy atom. The molecule has 0 spiro atoms. The van der Waals surface area contributed by atoms with Crippen molar-refractivity contribution in [3.8, 4) is 11.5 Å². The van der Waals surface area contributed by atoms with Crippen LogP contribution >= 0.6 is 0 Å². The van der Waals surface area contributed by atoms with Crippen LogP contribution in [0.25, 0.3) is 6.08 Å². The van der Waals surface area contributed by atoms with Gasteiger partial charge >= 0.3 is 5.97 Å². The van der Waals surface area contributed by atoms with E-state index in [0.717, 1.165) is 36.3 Å². The quantitative estimate of drug-likeness (QED) is 0.176. The first-order valence-electron chi connectivity index (χ1n) is 12.2. The minimum atomic E-state index is -0.234. The molecule has 0 fully saturated rings. The molecule has 0 bridgehead atoms. The highest BCUT2D eigenvalue weighted by molar-refractivity contribution is 5.95. The lowest BCUT2D eigenvalue weighted by Gasteiger charge is -2.15. The molecule has 4 nitrogen and oxygen atoms in total. The van der Waals surface area contributed by atoms with Gasteiger partial charge in [-0.05, 0) is 60.2 Å².